The van der Waals surface area contributed by atoms with Crippen molar-refractivity contribution in [2.75, 3.05) is 11.9 Å². The lowest BCUT2D eigenvalue weighted by molar-refractivity contribution is -0.133. The fraction of sp³-hybridized carbons (Fsp3) is 0.562. The van der Waals surface area contributed by atoms with Crippen molar-refractivity contribution in [3.8, 4) is 0 Å². The van der Waals surface area contributed by atoms with Crippen LogP contribution in [0.15, 0.2) is 18.2 Å². The van der Waals surface area contributed by atoms with Crippen molar-refractivity contribution in [2.45, 2.75) is 51.4 Å². The molecule has 3 rings (SSSR count). The van der Waals surface area contributed by atoms with Crippen LogP contribution in [0.4, 0.5) is 5.69 Å². The zero-order valence-electron chi connectivity index (χ0n) is 13.9. The Hall–Kier alpha value is -1.37. The third-order valence-corrected chi connectivity index (χ3v) is 5.15. The first-order valence-electron chi connectivity index (χ1n) is 7.48. The van der Waals surface area contributed by atoms with E-state index >= 15 is 0 Å². The molecule has 0 saturated carbocycles. The zero-order chi connectivity index (χ0) is 16.5. The highest BCUT2D eigenvalue weighted by molar-refractivity contribution is 6.62. The number of amides is 1. The monoisotopic (exact) mass is 303 g/mol. The van der Waals surface area contributed by atoms with Crippen LogP contribution in [0.3, 0.4) is 0 Å². The molecule has 1 fully saturated rings. The van der Waals surface area contributed by atoms with Crippen LogP contribution in [0.2, 0.25) is 0 Å². The summed E-state index contributed by atoms with van der Waals surface area (Å²) in [7, 11) is 1.18. The minimum Gasteiger partial charge on any atom is -0.399 e. The molecule has 0 radical (unpaired) electrons. The van der Waals surface area contributed by atoms with Gasteiger partial charge in [-0.05, 0) is 46.1 Å². The van der Waals surface area contributed by atoms with Gasteiger partial charge in [-0.15, -0.1) is 0 Å². The summed E-state index contributed by atoms with van der Waals surface area (Å²) in [6.45, 7) is 9.52. The van der Waals surface area contributed by atoms with Gasteiger partial charge in [0.15, 0.2) is 5.60 Å². The minimum absolute atomic E-state index is 0.325. The second-order valence-electron chi connectivity index (χ2n) is 7.30. The highest BCUT2D eigenvalue weighted by Gasteiger charge is 2.52. The normalized spacial score (nSPS) is 29.1. The predicted molar refractivity (Wildman–Crippen MR) is 85.1 cm³/mol. The van der Waals surface area contributed by atoms with Crippen molar-refractivity contribution in [1.82, 2.24) is 0 Å². The molecule has 118 valence electrons. The Morgan fingerprint density at radius 3 is 2.18 bits per heavy atom. The van der Waals surface area contributed by atoms with E-state index in [0.717, 1.165) is 5.46 Å². The molecule has 1 N–H and O–H groups in total. The third-order valence-electron chi connectivity index (χ3n) is 5.15. The van der Waals surface area contributed by atoms with Gasteiger partial charge in [0, 0.05) is 18.3 Å². The van der Waals surface area contributed by atoms with E-state index in [2.05, 4.69) is 0 Å². The lowest BCUT2D eigenvalue weighted by Gasteiger charge is -2.32. The number of anilines is 1. The zero-order valence-corrected chi connectivity index (χ0v) is 13.9. The number of nitrogens with zero attached hydrogens (tertiary/aromatic N) is 1. The average Bonchev–Trinajstić information content (AvgIpc) is 2.73. The smallest absolute Gasteiger partial charge is 0.399 e. The number of aliphatic hydroxyl groups is 1. The third kappa shape index (κ3) is 1.94. The standard InChI is InChI=1S/C16H22BNO4/c1-14(2)15(3,4)22-17(21-14)10-7-8-11-12(9-10)18(6)13(19)16(11,5)20/h7-9,20H,1-6H3. The first kappa shape index (κ1) is 15.5. The maximum Gasteiger partial charge on any atom is 0.494 e. The molecule has 5 nitrogen and oxygen atoms in total. The Kier molecular flexibility index (Phi) is 3.06. The molecular weight excluding hydrogens is 281 g/mol. The Bertz CT molecular complexity index is 638. The van der Waals surface area contributed by atoms with Crippen LogP contribution in [0.25, 0.3) is 0 Å². The van der Waals surface area contributed by atoms with Crippen LogP contribution < -0.4 is 10.4 Å². The molecule has 1 atom stereocenters. The van der Waals surface area contributed by atoms with E-state index in [1.165, 1.54) is 11.8 Å². The number of fused-ring (bicyclic) bond motifs is 1. The molecule has 2 aliphatic rings. The SMILES string of the molecule is CN1C(=O)C(C)(O)c2ccc(B3OC(C)(C)C(C)(C)O3)cc21. The molecule has 22 heavy (non-hydrogen) atoms. The van der Waals surface area contributed by atoms with Crippen molar-refractivity contribution in [3.05, 3.63) is 23.8 Å². The lowest BCUT2D eigenvalue weighted by Crippen LogP contribution is -2.41. The minimum atomic E-state index is -1.47. The number of carbonyl (C=O) groups is 1. The van der Waals surface area contributed by atoms with Crippen molar-refractivity contribution in [2.24, 2.45) is 0 Å². The Balaban J connectivity index is 1.99. The van der Waals surface area contributed by atoms with Crippen LogP contribution in [0.5, 0.6) is 0 Å². The van der Waals surface area contributed by atoms with Crippen LogP contribution in [0, 0.1) is 0 Å². The van der Waals surface area contributed by atoms with E-state index < -0.39 is 23.9 Å². The van der Waals surface area contributed by atoms with Gasteiger partial charge in [-0.25, -0.2) is 0 Å². The summed E-state index contributed by atoms with van der Waals surface area (Å²) in [5, 5.41) is 10.4. The van der Waals surface area contributed by atoms with Gasteiger partial charge in [0.1, 0.15) is 0 Å². The Morgan fingerprint density at radius 2 is 1.64 bits per heavy atom. The van der Waals surface area contributed by atoms with Gasteiger partial charge in [0.2, 0.25) is 0 Å². The number of benzene rings is 1. The van der Waals surface area contributed by atoms with Crippen LogP contribution >= 0.6 is 0 Å². The number of likely N-dealkylation sites (N-methyl/N-ethyl adjacent to an activating group) is 1. The van der Waals surface area contributed by atoms with Crippen molar-refractivity contribution in [3.63, 3.8) is 0 Å². The van der Waals surface area contributed by atoms with Gasteiger partial charge in [-0.2, -0.15) is 0 Å². The number of rotatable bonds is 1. The van der Waals surface area contributed by atoms with E-state index in [0.29, 0.717) is 11.3 Å². The van der Waals surface area contributed by atoms with E-state index in [9.17, 15) is 9.90 Å². The van der Waals surface area contributed by atoms with Crippen LogP contribution in [-0.2, 0) is 19.7 Å². The quantitative estimate of drug-likeness (QED) is 0.791. The van der Waals surface area contributed by atoms with Gasteiger partial charge in [-0.3, -0.25) is 4.79 Å². The molecule has 0 spiro atoms. The molecule has 1 aromatic carbocycles. The van der Waals surface area contributed by atoms with E-state index in [1.54, 1.807) is 13.1 Å². The van der Waals surface area contributed by atoms with Crippen molar-refractivity contribution in [1.29, 1.82) is 0 Å². The Morgan fingerprint density at radius 1 is 1.09 bits per heavy atom. The highest BCUT2D eigenvalue weighted by atomic mass is 16.7. The van der Waals surface area contributed by atoms with Gasteiger partial charge in [-0.1, -0.05) is 12.1 Å². The molecule has 2 aliphatic heterocycles. The number of hydrogen-bond donors (Lipinski definition) is 1. The predicted octanol–water partition coefficient (Wildman–Crippen LogP) is 1.17. The summed E-state index contributed by atoms with van der Waals surface area (Å²) in [5.74, 6) is -0.325. The molecule has 6 heteroatoms. The van der Waals surface area contributed by atoms with Crippen molar-refractivity contribution >= 4 is 24.2 Å². The molecule has 0 aliphatic carbocycles. The topological polar surface area (TPSA) is 59.0 Å². The second kappa shape index (κ2) is 4.34. The molecule has 1 aromatic rings. The van der Waals surface area contributed by atoms with Gasteiger partial charge in [0.05, 0.1) is 11.2 Å². The fourth-order valence-corrected chi connectivity index (χ4v) is 2.91. The summed E-state index contributed by atoms with van der Waals surface area (Å²) in [6.07, 6.45) is 0. The average molecular weight is 303 g/mol. The molecule has 0 bridgehead atoms. The number of hydrogen-bond acceptors (Lipinski definition) is 4. The van der Waals surface area contributed by atoms with Crippen LogP contribution in [-0.4, -0.2) is 36.4 Å². The molecule has 1 unspecified atom stereocenters. The summed E-state index contributed by atoms with van der Waals surface area (Å²) in [4.78, 5) is 13.6. The molecule has 1 saturated heterocycles. The van der Waals surface area contributed by atoms with E-state index in [1.807, 2.05) is 39.8 Å². The maximum atomic E-state index is 12.1. The first-order chi connectivity index (χ1) is 9.97. The molecule has 2 heterocycles. The van der Waals surface area contributed by atoms with Crippen LogP contribution in [0.1, 0.15) is 40.2 Å². The van der Waals surface area contributed by atoms with E-state index in [4.69, 9.17) is 9.31 Å². The molecule has 0 aromatic heterocycles. The lowest BCUT2D eigenvalue weighted by atomic mass is 9.78. The highest BCUT2D eigenvalue weighted by Crippen LogP contribution is 2.40. The van der Waals surface area contributed by atoms with E-state index in [-0.39, 0.29) is 5.91 Å². The van der Waals surface area contributed by atoms with Gasteiger partial charge >= 0.3 is 7.12 Å². The Labute approximate surface area is 131 Å². The largest absolute Gasteiger partial charge is 0.494 e. The summed E-state index contributed by atoms with van der Waals surface area (Å²) < 4.78 is 12.1. The second-order valence-corrected chi connectivity index (χ2v) is 7.30. The van der Waals surface area contributed by atoms with Gasteiger partial charge < -0.3 is 19.3 Å². The van der Waals surface area contributed by atoms with Gasteiger partial charge in [0.25, 0.3) is 5.91 Å². The summed E-state index contributed by atoms with van der Waals surface area (Å²) >= 11 is 0. The first-order valence-corrected chi connectivity index (χ1v) is 7.48. The summed E-state index contributed by atoms with van der Waals surface area (Å²) in [6, 6.07) is 5.48. The summed E-state index contributed by atoms with van der Waals surface area (Å²) in [5.41, 5.74) is -0.149. The number of carbonyl (C=O) groups excluding carboxylic acids is 1. The maximum absolute atomic E-state index is 12.1. The fourth-order valence-electron chi connectivity index (χ4n) is 2.91. The molecule has 1 amide bonds. The van der Waals surface area contributed by atoms with Crippen molar-refractivity contribution < 1.29 is 19.2 Å². The molecular formula is C16H22BNO4.